The molecule has 19 heteroatoms. The van der Waals surface area contributed by atoms with Crippen molar-refractivity contribution >= 4 is 73.5 Å². The summed E-state index contributed by atoms with van der Waals surface area (Å²) in [5.41, 5.74) is 0.224. The summed E-state index contributed by atoms with van der Waals surface area (Å²) in [7, 11) is 6.44. The Morgan fingerprint density at radius 2 is 1.17 bits per heavy atom. The Bertz CT molecular complexity index is 1840. The first-order valence-electron chi connectivity index (χ1n) is 19.6. The lowest BCUT2D eigenvalue weighted by Crippen LogP contribution is -2.41. The van der Waals surface area contributed by atoms with Gasteiger partial charge < -0.3 is 43.0 Å². The molecule has 0 saturated carbocycles. The van der Waals surface area contributed by atoms with Gasteiger partial charge in [0.25, 0.3) is 0 Å². The van der Waals surface area contributed by atoms with Crippen molar-refractivity contribution < 1.29 is 47.0 Å². The van der Waals surface area contributed by atoms with Crippen LogP contribution in [0.2, 0.25) is 0 Å². The van der Waals surface area contributed by atoms with E-state index in [0.717, 1.165) is 22.2 Å². The van der Waals surface area contributed by atoms with Gasteiger partial charge in [-0.2, -0.15) is 0 Å². The van der Waals surface area contributed by atoms with Crippen LogP contribution in [0.5, 0.6) is 0 Å². The number of amides is 2. The third-order valence-corrected chi connectivity index (χ3v) is 10.9. The third-order valence-electron chi connectivity index (χ3n) is 10.9. The first kappa shape index (κ1) is 48.9. The number of nitrogens with zero attached hydrogens (tertiary/aromatic N) is 4. The van der Waals surface area contributed by atoms with E-state index >= 15 is 0 Å². The molecule has 59 heavy (non-hydrogen) atoms. The number of carbonyl (C=O) groups excluding carboxylic acids is 2. The number of aromatic nitrogens is 2. The topological polar surface area (TPSA) is 159 Å². The monoisotopic (exact) mass is 880 g/mol. The van der Waals surface area contributed by atoms with Crippen LogP contribution < -0.4 is 10.9 Å². The SMILES string of the molecule is CC(C)(C)OC(=O)N1CC=C(c2ccc(B3OC(C)(C)C(C)(C)O3)cn2)C1.CC(C)(C)OC(=O)N1CCC(O)(c2ccc(B3OC(C)(C)C(C)(C)O3)cn2)C1.O=S(Cl)Cl. The van der Waals surface area contributed by atoms with Crippen LogP contribution in [0.1, 0.15) is 115 Å². The average molecular weight is 882 g/mol. The Hall–Kier alpha value is -2.76. The zero-order valence-electron chi connectivity index (χ0n) is 36.8. The molecule has 0 aliphatic carbocycles. The van der Waals surface area contributed by atoms with Gasteiger partial charge in [-0.05, 0) is 115 Å². The lowest BCUT2D eigenvalue weighted by molar-refractivity contribution is 0.00578. The number of hydrogen-bond acceptors (Lipinski definition) is 12. The number of pyridine rings is 2. The van der Waals surface area contributed by atoms with Crippen molar-refractivity contribution in [2.75, 3.05) is 26.2 Å². The molecule has 14 nitrogen and oxygen atoms in total. The van der Waals surface area contributed by atoms with E-state index in [1.807, 2.05) is 121 Å². The van der Waals surface area contributed by atoms with Crippen LogP contribution in [-0.4, -0.2) is 115 Å². The van der Waals surface area contributed by atoms with Crippen LogP contribution in [0.4, 0.5) is 9.59 Å². The molecule has 2 aromatic rings. The van der Waals surface area contributed by atoms with Crippen molar-refractivity contribution in [2.24, 2.45) is 0 Å². The molecule has 6 rings (SSSR count). The molecule has 6 heterocycles. The standard InChI is InChI=1S/C20H31BN2O5.C20H29BN2O4.Cl2OS/c1-17(2,3)26-16(24)23-11-10-20(25,13-23)15-9-8-14(12-22-15)21-27-18(4,5)19(6,7)28-21;1-18(2,3)25-17(24)23-11-10-14(13-23)16-9-8-15(12-22-16)21-26-19(4,5)20(6,7)27-21;1-4(2)3/h8-9,12,25H,10-11,13H2,1-7H3;8-10,12H,11,13H2,1-7H3;. The first-order chi connectivity index (χ1) is 26.8. The lowest BCUT2D eigenvalue weighted by Gasteiger charge is -2.32. The lowest BCUT2D eigenvalue weighted by atomic mass is 9.80. The fourth-order valence-corrected chi connectivity index (χ4v) is 6.20. The van der Waals surface area contributed by atoms with Crippen molar-refractivity contribution in [1.82, 2.24) is 19.8 Å². The molecule has 3 fully saturated rings. The van der Waals surface area contributed by atoms with Crippen molar-refractivity contribution in [3.63, 3.8) is 0 Å². The minimum absolute atomic E-state index is 0.157. The molecule has 4 aliphatic heterocycles. The second-order valence-corrected chi connectivity index (χ2v) is 21.6. The molecule has 4 aliphatic rings. The summed E-state index contributed by atoms with van der Waals surface area (Å²) in [6.45, 7) is 28.8. The molecule has 1 unspecified atom stereocenters. The summed E-state index contributed by atoms with van der Waals surface area (Å²) in [6.07, 6.45) is 5.16. The van der Waals surface area contributed by atoms with Gasteiger partial charge in [-0.15, -0.1) is 0 Å². The number of hydrogen-bond donors (Lipinski definition) is 1. The maximum absolute atomic E-state index is 12.3. The Morgan fingerprint density at radius 3 is 1.56 bits per heavy atom. The number of halogens is 2. The van der Waals surface area contributed by atoms with E-state index < -0.39 is 57.6 Å². The highest BCUT2D eigenvalue weighted by Gasteiger charge is 2.53. The second-order valence-electron chi connectivity index (χ2n) is 19.1. The maximum Gasteiger partial charge on any atom is 0.496 e. The fourth-order valence-electron chi connectivity index (χ4n) is 6.20. The number of rotatable bonds is 4. The normalized spacial score (nSPS) is 23.0. The van der Waals surface area contributed by atoms with Gasteiger partial charge in [0, 0.05) is 64.2 Å². The van der Waals surface area contributed by atoms with Gasteiger partial charge in [-0.1, -0.05) is 18.2 Å². The fraction of sp³-hybridized carbons (Fsp3) is 0.650. The van der Waals surface area contributed by atoms with Crippen LogP contribution in [0.15, 0.2) is 42.7 Å². The van der Waals surface area contributed by atoms with E-state index in [0.29, 0.717) is 31.7 Å². The van der Waals surface area contributed by atoms with Crippen LogP contribution in [0, 0.1) is 0 Å². The Morgan fingerprint density at radius 1 is 0.746 bits per heavy atom. The van der Waals surface area contributed by atoms with Gasteiger partial charge in [0.05, 0.1) is 46.9 Å². The number of aliphatic hydroxyl groups is 1. The molecule has 1 N–H and O–H groups in total. The predicted octanol–water partition coefficient (Wildman–Crippen LogP) is 6.27. The largest absolute Gasteiger partial charge is 0.496 e. The van der Waals surface area contributed by atoms with Crippen molar-refractivity contribution in [3.8, 4) is 0 Å². The van der Waals surface area contributed by atoms with E-state index in [2.05, 4.69) is 31.3 Å². The molecule has 326 valence electrons. The van der Waals surface area contributed by atoms with Gasteiger partial charge in [0.2, 0.25) is 9.23 Å². The van der Waals surface area contributed by atoms with Gasteiger partial charge in [-0.25, -0.2) is 13.8 Å². The van der Waals surface area contributed by atoms with Crippen molar-refractivity contribution in [1.29, 1.82) is 0 Å². The summed E-state index contributed by atoms with van der Waals surface area (Å²) in [5.74, 6) is 0. The van der Waals surface area contributed by atoms with Gasteiger partial charge in [0.1, 0.15) is 16.8 Å². The van der Waals surface area contributed by atoms with E-state index in [-0.39, 0.29) is 23.8 Å². The minimum atomic E-state index is -1.67. The smallest absolute Gasteiger partial charge is 0.444 e. The molecule has 1 atom stereocenters. The van der Waals surface area contributed by atoms with Crippen molar-refractivity contribution in [3.05, 3.63) is 54.1 Å². The van der Waals surface area contributed by atoms with E-state index in [1.54, 1.807) is 23.4 Å². The van der Waals surface area contributed by atoms with Crippen LogP contribution >= 0.6 is 21.4 Å². The van der Waals surface area contributed by atoms with Crippen LogP contribution in [0.25, 0.3) is 5.57 Å². The Kier molecular flexibility index (Phi) is 14.8. The summed E-state index contributed by atoms with van der Waals surface area (Å²) in [6, 6.07) is 7.56. The molecule has 0 spiro atoms. The van der Waals surface area contributed by atoms with Gasteiger partial charge in [-0.3, -0.25) is 9.97 Å². The maximum atomic E-state index is 12.3. The predicted molar refractivity (Wildman–Crippen MR) is 232 cm³/mol. The number of likely N-dealkylation sites (tertiary alicyclic amines) is 1. The summed E-state index contributed by atoms with van der Waals surface area (Å²) in [5, 5.41) is 11.0. The second kappa shape index (κ2) is 17.9. The average Bonchev–Trinajstić information content (AvgIpc) is 3.83. The molecule has 2 amide bonds. The molecule has 0 aromatic carbocycles. The van der Waals surface area contributed by atoms with Gasteiger partial charge in [0.15, 0.2) is 0 Å². The molecule has 0 bridgehead atoms. The highest BCUT2D eigenvalue weighted by molar-refractivity contribution is 8.26. The summed E-state index contributed by atoms with van der Waals surface area (Å²) in [4.78, 5) is 36.7. The summed E-state index contributed by atoms with van der Waals surface area (Å²) < 4.78 is 44.1. The van der Waals surface area contributed by atoms with E-state index in [9.17, 15) is 14.7 Å². The third kappa shape index (κ3) is 12.7. The van der Waals surface area contributed by atoms with Crippen molar-refractivity contribution in [2.45, 2.75) is 143 Å². The molecule has 2 aromatic heterocycles. The number of ether oxygens (including phenoxy) is 2. The van der Waals surface area contributed by atoms with Crippen LogP contribution in [-0.2, 0) is 42.9 Å². The first-order valence-corrected chi connectivity index (χ1v) is 22.4. The molecule has 0 radical (unpaired) electrons. The van der Waals surface area contributed by atoms with Gasteiger partial charge >= 0.3 is 26.4 Å². The molecular weight excluding hydrogens is 821 g/mol. The van der Waals surface area contributed by atoms with E-state index in [4.69, 9.17) is 32.3 Å². The minimum Gasteiger partial charge on any atom is -0.444 e. The molecule has 3 saturated heterocycles. The Balaban J connectivity index is 0.000000239. The number of β-amino-alcohol motifs (C(OH)–C–C–N with tert-alkyl or cyclic N) is 1. The highest BCUT2D eigenvalue weighted by Crippen LogP contribution is 2.38. The molecular formula is C40H60B2Cl2N4O10S. The highest BCUT2D eigenvalue weighted by atomic mass is 36.0. The van der Waals surface area contributed by atoms with Crippen LogP contribution in [0.3, 0.4) is 0 Å². The zero-order valence-corrected chi connectivity index (χ0v) is 39.1. The van der Waals surface area contributed by atoms with E-state index in [1.165, 1.54) is 4.90 Å². The number of carbonyl (C=O) groups is 2. The Labute approximate surface area is 361 Å². The quantitative estimate of drug-likeness (QED) is 0.272. The summed E-state index contributed by atoms with van der Waals surface area (Å²) >= 11 is 0. The zero-order chi connectivity index (χ0) is 44.6.